The van der Waals surface area contributed by atoms with Crippen LogP contribution in [-0.4, -0.2) is 28.9 Å². The molecule has 0 saturated carbocycles. The van der Waals surface area contributed by atoms with Crippen molar-refractivity contribution in [3.63, 3.8) is 0 Å². The van der Waals surface area contributed by atoms with Gasteiger partial charge < -0.3 is 0 Å². The first-order valence-corrected chi connectivity index (χ1v) is 8.35. The van der Waals surface area contributed by atoms with E-state index in [0.717, 1.165) is 10.5 Å². The summed E-state index contributed by atoms with van der Waals surface area (Å²) in [4.78, 5) is 26.6. The van der Waals surface area contributed by atoms with Gasteiger partial charge in [-0.2, -0.15) is 5.11 Å². The molecule has 0 spiro atoms. The summed E-state index contributed by atoms with van der Waals surface area (Å²) in [5.41, 5.74) is 1.41. The number of benzene rings is 2. The fraction of sp³-hybridized carbons (Fsp3) is 0.176. The molecule has 1 saturated heterocycles. The number of anilines is 1. The van der Waals surface area contributed by atoms with Gasteiger partial charge in [-0.05, 0) is 42.0 Å². The Labute approximate surface area is 153 Å². The highest BCUT2D eigenvalue weighted by Crippen LogP contribution is 2.33. The summed E-state index contributed by atoms with van der Waals surface area (Å²) in [7, 11) is 0. The van der Waals surface area contributed by atoms with Crippen molar-refractivity contribution >= 4 is 40.7 Å². The molecule has 2 aromatic rings. The third-order valence-corrected chi connectivity index (χ3v) is 4.70. The number of rotatable bonds is 3. The summed E-state index contributed by atoms with van der Waals surface area (Å²) >= 11 is 11.8. The number of fused-ring (bicyclic) bond motifs is 1. The Kier molecular flexibility index (Phi) is 3.94. The average Bonchev–Trinajstić information content (AvgIpc) is 3.12. The molecule has 8 heteroatoms. The number of hydrogen-bond donors (Lipinski definition) is 0. The van der Waals surface area contributed by atoms with Crippen molar-refractivity contribution in [3.8, 4) is 0 Å². The molecule has 2 aliphatic rings. The van der Waals surface area contributed by atoms with Crippen molar-refractivity contribution in [1.29, 1.82) is 0 Å². The predicted octanol–water partition coefficient (Wildman–Crippen LogP) is 3.49. The second kappa shape index (κ2) is 6.13. The lowest BCUT2D eigenvalue weighted by molar-refractivity contribution is -0.123. The summed E-state index contributed by atoms with van der Waals surface area (Å²) in [5.74, 6) is -0.712. The van der Waals surface area contributed by atoms with Gasteiger partial charge in [-0.15, -0.1) is 0 Å². The minimum atomic E-state index is -0.810. The van der Waals surface area contributed by atoms with Gasteiger partial charge in [0.15, 0.2) is 12.1 Å². The minimum Gasteiger partial charge on any atom is -0.271 e. The van der Waals surface area contributed by atoms with Crippen molar-refractivity contribution in [1.82, 2.24) is 5.01 Å². The van der Waals surface area contributed by atoms with Crippen LogP contribution in [0.2, 0.25) is 10.0 Å². The molecule has 0 N–H and O–H groups in total. The highest BCUT2D eigenvalue weighted by Gasteiger charge is 2.54. The first-order chi connectivity index (χ1) is 12.0. The van der Waals surface area contributed by atoms with Crippen molar-refractivity contribution in [2.75, 3.05) is 4.90 Å². The fourth-order valence-electron chi connectivity index (χ4n) is 2.98. The van der Waals surface area contributed by atoms with E-state index in [2.05, 4.69) is 10.3 Å². The van der Waals surface area contributed by atoms with Crippen LogP contribution in [0.3, 0.4) is 0 Å². The molecule has 0 radical (unpaired) electrons. The van der Waals surface area contributed by atoms with Crippen LogP contribution in [0.1, 0.15) is 5.56 Å². The van der Waals surface area contributed by atoms with Gasteiger partial charge in [-0.3, -0.25) is 14.6 Å². The second-order valence-electron chi connectivity index (χ2n) is 5.81. The molecule has 2 amide bonds. The Morgan fingerprint density at radius 2 is 1.48 bits per heavy atom. The monoisotopic (exact) mass is 374 g/mol. The molecule has 2 heterocycles. The molecular weight excluding hydrogens is 363 g/mol. The van der Waals surface area contributed by atoms with Gasteiger partial charge in [-0.1, -0.05) is 40.6 Å². The number of nitrogens with zero attached hydrogens (tertiary/aromatic N) is 4. The molecule has 0 aliphatic carbocycles. The van der Waals surface area contributed by atoms with Crippen molar-refractivity contribution < 1.29 is 9.59 Å². The molecule has 126 valence electrons. The van der Waals surface area contributed by atoms with E-state index < -0.39 is 12.1 Å². The van der Waals surface area contributed by atoms with E-state index in [0.29, 0.717) is 22.3 Å². The zero-order valence-corrected chi connectivity index (χ0v) is 14.4. The molecule has 2 atom stereocenters. The summed E-state index contributed by atoms with van der Waals surface area (Å²) in [5, 5.41) is 10.7. The van der Waals surface area contributed by atoms with Crippen molar-refractivity contribution in [2.45, 2.75) is 18.6 Å². The Morgan fingerprint density at radius 3 is 2.12 bits per heavy atom. The molecule has 1 fully saturated rings. The number of carbonyl (C=O) groups is 2. The van der Waals surface area contributed by atoms with Gasteiger partial charge in [0.1, 0.15) is 0 Å². The first kappa shape index (κ1) is 16.1. The van der Waals surface area contributed by atoms with Gasteiger partial charge >= 0.3 is 0 Å². The quantitative estimate of drug-likeness (QED) is 0.772. The number of imide groups is 1. The zero-order valence-electron chi connectivity index (χ0n) is 12.8. The van der Waals surface area contributed by atoms with Crippen LogP contribution in [0.25, 0.3) is 0 Å². The highest BCUT2D eigenvalue weighted by atomic mass is 35.5. The summed E-state index contributed by atoms with van der Waals surface area (Å²) in [6.45, 7) is 0.370. The molecule has 0 aromatic heterocycles. The van der Waals surface area contributed by atoms with E-state index in [1.165, 1.54) is 0 Å². The van der Waals surface area contributed by atoms with Crippen LogP contribution in [0.15, 0.2) is 58.9 Å². The van der Waals surface area contributed by atoms with Crippen LogP contribution in [-0.2, 0) is 16.1 Å². The van der Waals surface area contributed by atoms with Gasteiger partial charge in [-0.25, -0.2) is 4.90 Å². The fourth-order valence-corrected chi connectivity index (χ4v) is 3.23. The van der Waals surface area contributed by atoms with Crippen LogP contribution >= 0.6 is 23.2 Å². The lowest BCUT2D eigenvalue weighted by Gasteiger charge is -2.20. The molecule has 0 bridgehead atoms. The second-order valence-corrected chi connectivity index (χ2v) is 6.68. The summed E-state index contributed by atoms with van der Waals surface area (Å²) < 4.78 is 0. The van der Waals surface area contributed by atoms with Crippen LogP contribution in [0.5, 0.6) is 0 Å². The van der Waals surface area contributed by atoms with Gasteiger partial charge in [0.05, 0.1) is 12.2 Å². The third kappa shape index (κ3) is 2.77. The third-order valence-electron chi connectivity index (χ3n) is 4.20. The van der Waals surface area contributed by atoms with Crippen molar-refractivity contribution in [3.05, 3.63) is 64.1 Å². The largest absolute Gasteiger partial charge is 0.271 e. The molecule has 4 rings (SSSR count). The number of halogens is 2. The van der Waals surface area contributed by atoms with Gasteiger partial charge in [0.25, 0.3) is 11.8 Å². The maximum absolute atomic E-state index is 12.8. The predicted molar refractivity (Wildman–Crippen MR) is 93.4 cm³/mol. The van der Waals surface area contributed by atoms with E-state index in [1.54, 1.807) is 41.4 Å². The minimum absolute atomic E-state index is 0.337. The van der Waals surface area contributed by atoms with Crippen LogP contribution < -0.4 is 4.90 Å². The molecule has 0 unspecified atom stereocenters. The van der Waals surface area contributed by atoms with Crippen LogP contribution in [0, 0.1) is 0 Å². The normalized spacial score (nSPS) is 22.0. The van der Waals surface area contributed by atoms with E-state index in [1.807, 2.05) is 12.1 Å². The smallest absolute Gasteiger partial charge is 0.263 e. The summed E-state index contributed by atoms with van der Waals surface area (Å²) in [6.07, 6.45) is 0. The van der Waals surface area contributed by atoms with Crippen LogP contribution in [0.4, 0.5) is 5.69 Å². The molecule has 6 nitrogen and oxygen atoms in total. The number of hydrogen-bond acceptors (Lipinski definition) is 5. The van der Waals surface area contributed by atoms with E-state index in [9.17, 15) is 9.59 Å². The summed E-state index contributed by atoms with van der Waals surface area (Å²) in [6, 6.07) is 12.3. The maximum atomic E-state index is 12.8. The zero-order chi connectivity index (χ0) is 17.6. The lowest BCUT2D eigenvalue weighted by Crippen LogP contribution is -2.39. The van der Waals surface area contributed by atoms with Crippen molar-refractivity contribution in [2.24, 2.45) is 10.3 Å². The standard InChI is InChI=1S/C17H12Cl2N4O2/c18-11-3-1-10(2-4-11)9-22-15-14(20-21-22)16(24)23(17(15)25)13-7-5-12(19)6-8-13/h1-8,14-15H,9H2/t14-,15+/m0/s1. The number of amides is 2. The van der Waals surface area contributed by atoms with E-state index in [4.69, 9.17) is 23.2 Å². The Bertz CT molecular complexity index is 867. The van der Waals surface area contributed by atoms with Gasteiger partial charge in [0.2, 0.25) is 0 Å². The molecule has 2 aliphatic heterocycles. The van der Waals surface area contributed by atoms with E-state index >= 15 is 0 Å². The van der Waals surface area contributed by atoms with Gasteiger partial charge in [0, 0.05) is 10.0 Å². The lowest BCUT2D eigenvalue weighted by atomic mass is 10.1. The maximum Gasteiger partial charge on any atom is 0.263 e. The number of carbonyl (C=O) groups excluding carboxylic acids is 2. The Balaban J connectivity index is 1.59. The average molecular weight is 375 g/mol. The molecular formula is C17H12Cl2N4O2. The highest BCUT2D eigenvalue weighted by molar-refractivity contribution is 6.31. The molecule has 25 heavy (non-hydrogen) atoms. The SMILES string of the molecule is O=C1[C@H]2N=NN(Cc3ccc(Cl)cc3)[C@H]2C(=O)N1c1ccc(Cl)cc1. The molecule has 2 aromatic carbocycles. The first-order valence-electron chi connectivity index (χ1n) is 7.60. The Morgan fingerprint density at radius 1 is 0.880 bits per heavy atom. The van der Waals surface area contributed by atoms with E-state index in [-0.39, 0.29) is 11.8 Å². The Hall–Kier alpha value is -2.44. The topological polar surface area (TPSA) is 65.3 Å².